The number of nitrogens with one attached hydrogen (secondary N) is 1. The van der Waals surface area contributed by atoms with E-state index in [0.29, 0.717) is 5.56 Å². The van der Waals surface area contributed by atoms with Crippen molar-refractivity contribution >= 4 is 27.5 Å². The maximum absolute atomic E-state index is 13.7. The number of carbonyl (C=O) groups excluding carboxylic acids is 2. The predicted octanol–water partition coefficient (Wildman–Crippen LogP) is 3.12. The zero-order valence-corrected chi connectivity index (χ0v) is 20.7. The van der Waals surface area contributed by atoms with Crippen molar-refractivity contribution in [1.29, 1.82) is 0 Å². The van der Waals surface area contributed by atoms with Crippen molar-refractivity contribution in [1.82, 2.24) is 10.2 Å². The molecule has 3 aromatic carbocycles. The van der Waals surface area contributed by atoms with Crippen LogP contribution in [0.15, 0.2) is 78.9 Å². The first-order valence-corrected chi connectivity index (χ1v) is 13.0. The van der Waals surface area contributed by atoms with E-state index in [1.807, 2.05) is 30.3 Å². The molecule has 0 unspecified atom stereocenters. The lowest BCUT2D eigenvalue weighted by molar-refractivity contribution is -0.139. The van der Waals surface area contributed by atoms with Gasteiger partial charge in [0.2, 0.25) is 21.8 Å². The Balaban J connectivity index is 2.00. The number of carbonyl (C=O) groups is 2. The summed E-state index contributed by atoms with van der Waals surface area (Å²) in [6.07, 6.45) is 1.11. The molecule has 0 bridgehead atoms. The van der Waals surface area contributed by atoms with Crippen LogP contribution in [0.3, 0.4) is 0 Å². The van der Waals surface area contributed by atoms with Gasteiger partial charge in [-0.3, -0.25) is 13.9 Å². The van der Waals surface area contributed by atoms with Crippen LogP contribution in [0.1, 0.15) is 11.1 Å². The van der Waals surface area contributed by atoms with Gasteiger partial charge in [0.1, 0.15) is 24.2 Å². The van der Waals surface area contributed by atoms with Crippen molar-refractivity contribution in [2.75, 3.05) is 24.2 Å². The second-order valence-corrected chi connectivity index (χ2v) is 10.1. The minimum absolute atomic E-state index is 0.0644. The third-order valence-electron chi connectivity index (χ3n) is 5.58. The third kappa shape index (κ3) is 7.11. The number of nitrogens with zero attached hydrogens (tertiary/aromatic N) is 2. The van der Waals surface area contributed by atoms with Gasteiger partial charge in [0.25, 0.3) is 0 Å². The number of amides is 2. The molecule has 7 nitrogen and oxygen atoms in total. The fourth-order valence-electron chi connectivity index (χ4n) is 3.73. The molecule has 0 aromatic heterocycles. The minimum Gasteiger partial charge on any atom is -0.357 e. The average Bonchev–Trinajstić information content (AvgIpc) is 2.86. The van der Waals surface area contributed by atoms with Crippen LogP contribution in [0.2, 0.25) is 0 Å². The van der Waals surface area contributed by atoms with Crippen LogP contribution in [0.4, 0.5) is 14.5 Å². The van der Waals surface area contributed by atoms with Gasteiger partial charge < -0.3 is 10.2 Å². The van der Waals surface area contributed by atoms with Crippen molar-refractivity contribution in [2.45, 2.75) is 19.0 Å². The van der Waals surface area contributed by atoms with Crippen molar-refractivity contribution in [3.05, 3.63) is 102 Å². The number of hydrogen-bond acceptors (Lipinski definition) is 4. The van der Waals surface area contributed by atoms with Crippen LogP contribution < -0.4 is 9.62 Å². The SMILES string of the molecule is CNC(=O)[C@H](Cc1ccccc1)N(Cc1ccc(F)cc1)C(=O)CN(c1ccc(F)cc1)S(C)(=O)=O. The first-order chi connectivity index (χ1) is 17.1. The Kier molecular flexibility index (Phi) is 8.76. The van der Waals surface area contributed by atoms with Gasteiger partial charge in [0, 0.05) is 20.0 Å². The summed E-state index contributed by atoms with van der Waals surface area (Å²) in [4.78, 5) is 27.9. The van der Waals surface area contributed by atoms with Crippen LogP contribution in [-0.4, -0.2) is 51.0 Å². The van der Waals surface area contributed by atoms with Gasteiger partial charge in [-0.15, -0.1) is 0 Å². The topological polar surface area (TPSA) is 86.8 Å². The smallest absolute Gasteiger partial charge is 0.244 e. The predicted molar refractivity (Wildman–Crippen MR) is 134 cm³/mol. The van der Waals surface area contributed by atoms with Crippen LogP contribution >= 0.6 is 0 Å². The molecule has 0 aliphatic rings. The second-order valence-electron chi connectivity index (χ2n) is 8.21. The fraction of sp³-hybridized carbons (Fsp3) is 0.231. The Hall–Kier alpha value is -3.79. The summed E-state index contributed by atoms with van der Waals surface area (Å²) in [5.74, 6) is -2.11. The molecule has 0 saturated heterocycles. The van der Waals surface area contributed by atoms with E-state index in [1.165, 1.54) is 48.3 Å². The van der Waals surface area contributed by atoms with Crippen LogP contribution in [0.25, 0.3) is 0 Å². The van der Waals surface area contributed by atoms with Crippen LogP contribution in [-0.2, 0) is 32.6 Å². The molecule has 10 heteroatoms. The van der Waals surface area contributed by atoms with Gasteiger partial charge in [0.05, 0.1) is 11.9 Å². The zero-order valence-electron chi connectivity index (χ0n) is 19.9. The van der Waals surface area contributed by atoms with E-state index in [0.717, 1.165) is 28.3 Å². The molecular weight excluding hydrogens is 488 g/mol. The molecule has 0 heterocycles. The molecule has 0 spiro atoms. The van der Waals surface area contributed by atoms with Crippen molar-refractivity contribution < 1.29 is 26.8 Å². The Labute approximate surface area is 209 Å². The molecular formula is C26H27F2N3O4S. The van der Waals surface area contributed by atoms with Gasteiger partial charge in [-0.1, -0.05) is 42.5 Å². The number of halogens is 2. The molecule has 0 aliphatic carbocycles. The Morgan fingerprint density at radius 2 is 1.42 bits per heavy atom. The fourth-order valence-corrected chi connectivity index (χ4v) is 4.58. The van der Waals surface area contributed by atoms with Crippen molar-refractivity contribution in [2.24, 2.45) is 0 Å². The molecule has 1 N–H and O–H groups in total. The van der Waals surface area contributed by atoms with Crippen molar-refractivity contribution in [3.63, 3.8) is 0 Å². The second kappa shape index (κ2) is 11.8. The van der Waals surface area contributed by atoms with E-state index in [-0.39, 0.29) is 18.7 Å². The summed E-state index contributed by atoms with van der Waals surface area (Å²) in [6.45, 7) is -0.682. The molecule has 0 saturated carbocycles. The highest BCUT2D eigenvalue weighted by Gasteiger charge is 2.32. The lowest BCUT2D eigenvalue weighted by Gasteiger charge is -2.33. The summed E-state index contributed by atoms with van der Waals surface area (Å²) in [5.41, 5.74) is 1.45. The first-order valence-electron chi connectivity index (χ1n) is 11.1. The quantitative estimate of drug-likeness (QED) is 0.450. The monoisotopic (exact) mass is 515 g/mol. The standard InChI is InChI=1S/C26H27F2N3O4S/c1-29-26(33)24(16-19-6-4-3-5-7-19)30(17-20-8-10-21(27)11-9-20)25(32)18-31(36(2,34)35)23-14-12-22(28)13-15-23/h3-15,24H,16-18H2,1-2H3,(H,29,33)/t24-/m0/s1. The van der Waals surface area contributed by atoms with E-state index in [9.17, 15) is 26.8 Å². The lowest BCUT2D eigenvalue weighted by Crippen LogP contribution is -2.52. The first kappa shape index (κ1) is 26.8. The van der Waals surface area contributed by atoms with E-state index in [4.69, 9.17) is 0 Å². The summed E-state index contributed by atoms with van der Waals surface area (Å²) in [7, 11) is -2.49. The van der Waals surface area contributed by atoms with Gasteiger partial charge >= 0.3 is 0 Å². The third-order valence-corrected chi connectivity index (χ3v) is 6.72. The van der Waals surface area contributed by atoms with Gasteiger partial charge in [-0.05, 0) is 47.5 Å². The van der Waals surface area contributed by atoms with Gasteiger partial charge in [0.15, 0.2) is 0 Å². The number of anilines is 1. The van der Waals surface area contributed by atoms with E-state index >= 15 is 0 Å². The molecule has 36 heavy (non-hydrogen) atoms. The highest BCUT2D eigenvalue weighted by atomic mass is 32.2. The molecule has 3 aromatic rings. The Bertz CT molecular complexity index is 1290. The largest absolute Gasteiger partial charge is 0.357 e. The minimum atomic E-state index is -3.94. The zero-order chi connectivity index (χ0) is 26.3. The Morgan fingerprint density at radius 3 is 1.94 bits per heavy atom. The molecule has 0 fully saturated rings. The molecule has 190 valence electrons. The number of rotatable bonds is 10. The van der Waals surface area contributed by atoms with Gasteiger partial charge in [-0.2, -0.15) is 0 Å². The van der Waals surface area contributed by atoms with Gasteiger partial charge in [-0.25, -0.2) is 17.2 Å². The summed E-state index contributed by atoms with van der Waals surface area (Å²) < 4.78 is 52.9. The maximum Gasteiger partial charge on any atom is 0.244 e. The normalized spacial score (nSPS) is 12.0. The highest BCUT2D eigenvalue weighted by molar-refractivity contribution is 7.92. The van der Waals surface area contributed by atoms with E-state index in [1.54, 1.807) is 0 Å². The molecule has 2 amide bonds. The molecule has 3 rings (SSSR count). The molecule has 0 radical (unpaired) electrons. The Morgan fingerprint density at radius 1 is 0.861 bits per heavy atom. The average molecular weight is 516 g/mol. The van der Waals surface area contributed by atoms with Crippen molar-refractivity contribution in [3.8, 4) is 0 Å². The lowest BCUT2D eigenvalue weighted by atomic mass is 10.0. The van der Waals surface area contributed by atoms with Crippen LogP contribution in [0.5, 0.6) is 0 Å². The van der Waals surface area contributed by atoms with E-state index in [2.05, 4.69) is 5.32 Å². The molecule has 1 atom stereocenters. The summed E-state index contributed by atoms with van der Waals surface area (Å²) in [6, 6.07) is 18.3. The molecule has 0 aliphatic heterocycles. The number of likely N-dealkylation sites (N-methyl/N-ethyl adjacent to an activating group) is 1. The summed E-state index contributed by atoms with van der Waals surface area (Å²) in [5, 5.41) is 2.57. The number of hydrogen-bond donors (Lipinski definition) is 1. The summed E-state index contributed by atoms with van der Waals surface area (Å²) >= 11 is 0. The van der Waals surface area contributed by atoms with Crippen LogP contribution in [0, 0.1) is 11.6 Å². The van der Waals surface area contributed by atoms with E-state index < -0.39 is 46.1 Å². The number of benzene rings is 3. The number of sulfonamides is 1. The highest BCUT2D eigenvalue weighted by Crippen LogP contribution is 2.21. The maximum atomic E-state index is 13.7.